The Labute approximate surface area is 192 Å². The maximum absolute atomic E-state index is 12.6. The zero-order valence-corrected chi connectivity index (χ0v) is 18.8. The van der Waals surface area contributed by atoms with Crippen LogP contribution in [0.5, 0.6) is 0 Å². The number of nitrogens with zero attached hydrogens (tertiary/aromatic N) is 4. The van der Waals surface area contributed by atoms with Crippen molar-refractivity contribution in [2.45, 2.75) is 25.3 Å². The second-order valence-corrected chi connectivity index (χ2v) is 9.69. The molecule has 0 amide bonds. The molecule has 0 fully saturated rings. The van der Waals surface area contributed by atoms with Crippen molar-refractivity contribution in [3.8, 4) is 0 Å². The van der Waals surface area contributed by atoms with Crippen LogP contribution in [0.15, 0.2) is 36.7 Å². The molecule has 186 valence electrons. The molecule has 3 N–H and O–H groups in total. The van der Waals surface area contributed by atoms with Crippen LogP contribution in [0.1, 0.15) is 5.56 Å². The summed E-state index contributed by atoms with van der Waals surface area (Å²) < 4.78 is 82.3. The number of aromatic nitrogens is 4. The van der Waals surface area contributed by atoms with Crippen LogP contribution in [0.4, 0.5) is 38.1 Å². The zero-order valence-electron chi connectivity index (χ0n) is 17.9. The molecule has 2 heterocycles. The van der Waals surface area contributed by atoms with E-state index in [9.17, 15) is 26.3 Å². The molecule has 0 bridgehead atoms. The third kappa shape index (κ3) is 8.28. The summed E-state index contributed by atoms with van der Waals surface area (Å²) in [6.45, 7) is 0.575. The van der Waals surface area contributed by atoms with Crippen molar-refractivity contribution in [3.05, 3.63) is 42.2 Å². The highest BCUT2D eigenvalue weighted by atomic mass is 31.1. The fourth-order valence-corrected chi connectivity index (χ4v) is 4.92. The van der Waals surface area contributed by atoms with Crippen molar-refractivity contribution in [2.24, 2.45) is 0 Å². The molecule has 3 rings (SSSR count). The van der Waals surface area contributed by atoms with E-state index in [0.717, 1.165) is 12.0 Å². The Bertz CT molecular complexity index is 1040. The number of nitrogens with two attached hydrogens (primary N) is 1. The normalized spacial score (nSPS) is 12.6. The van der Waals surface area contributed by atoms with Crippen LogP contribution in [-0.2, 0) is 17.7 Å². The van der Waals surface area contributed by atoms with Gasteiger partial charge in [-0.3, -0.25) is 0 Å². The van der Waals surface area contributed by atoms with Gasteiger partial charge in [-0.1, -0.05) is 38.3 Å². The van der Waals surface area contributed by atoms with Crippen molar-refractivity contribution < 1.29 is 31.1 Å². The van der Waals surface area contributed by atoms with Gasteiger partial charge in [-0.05, 0) is 12.0 Å². The lowest BCUT2D eigenvalue weighted by molar-refractivity contribution is -0.112. The molecule has 0 aliphatic carbocycles. The van der Waals surface area contributed by atoms with Gasteiger partial charge in [0.25, 0.3) is 0 Å². The van der Waals surface area contributed by atoms with Crippen LogP contribution >= 0.6 is 7.92 Å². The standard InChI is InChI=1S/C20H23F6N6OP/c21-19(22,23)10-34(11-20(24,25)26)13-33-9-8-32-12-29-15-16(30-18(27)31-17(15)32)28-7-6-14-4-2-1-3-5-14/h1-5,12H,6-11,13H2,(H3,27,28,30,31). The number of benzene rings is 1. The average Bonchev–Trinajstić information content (AvgIpc) is 3.12. The Balaban J connectivity index is 1.58. The van der Waals surface area contributed by atoms with Gasteiger partial charge >= 0.3 is 12.4 Å². The molecule has 1 aromatic carbocycles. The number of nitrogens with one attached hydrogen (secondary N) is 1. The third-order valence-corrected chi connectivity index (χ3v) is 6.75. The van der Waals surface area contributed by atoms with Crippen molar-refractivity contribution in [3.63, 3.8) is 0 Å². The minimum atomic E-state index is -4.68. The number of fused-ring (bicyclic) bond motifs is 1. The van der Waals surface area contributed by atoms with Gasteiger partial charge < -0.3 is 20.4 Å². The summed E-state index contributed by atoms with van der Waals surface area (Å²) in [5.41, 5.74) is 7.76. The van der Waals surface area contributed by atoms with Crippen molar-refractivity contribution in [1.82, 2.24) is 19.5 Å². The summed E-state index contributed by atoms with van der Waals surface area (Å²) in [7, 11) is -2.43. The Morgan fingerprint density at radius 2 is 1.68 bits per heavy atom. The van der Waals surface area contributed by atoms with E-state index in [2.05, 4.69) is 20.3 Å². The molecule has 34 heavy (non-hydrogen) atoms. The predicted octanol–water partition coefficient (Wildman–Crippen LogP) is 4.64. The van der Waals surface area contributed by atoms with Gasteiger partial charge in [-0.15, -0.1) is 0 Å². The Kier molecular flexibility index (Phi) is 8.53. The topological polar surface area (TPSA) is 90.9 Å². The monoisotopic (exact) mass is 508 g/mol. The van der Waals surface area contributed by atoms with Gasteiger partial charge in [-0.2, -0.15) is 36.3 Å². The van der Waals surface area contributed by atoms with Crippen LogP contribution in [-0.4, -0.2) is 63.7 Å². The van der Waals surface area contributed by atoms with Gasteiger partial charge in [0.1, 0.15) is 0 Å². The van der Waals surface area contributed by atoms with Gasteiger partial charge in [0.05, 0.1) is 31.6 Å². The van der Waals surface area contributed by atoms with E-state index in [1.54, 1.807) is 4.57 Å². The number of halogens is 6. The summed E-state index contributed by atoms with van der Waals surface area (Å²) in [5.74, 6) is 0.424. The molecule has 0 radical (unpaired) electrons. The molecule has 0 aliphatic rings. The van der Waals surface area contributed by atoms with Gasteiger partial charge in [-0.25, -0.2) is 4.98 Å². The molecule has 0 spiro atoms. The number of alkyl halides is 6. The number of hydrogen-bond donors (Lipinski definition) is 2. The first-order chi connectivity index (χ1) is 16.0. The van der Waals surface area contributed by atoms with Crippen molar-refractivity contribution in [1.29, 1.82) is 0 Å². The molecule has 14 heteroatoms. The van der Waals surface area contributed by atoms with E-state index in [1.807, 2.05) is 30.3 Å². The highest BCUT2D eigenvalue weighted by Crippen LogP contribution is 2.45. The molecule has 0 atom stereocenters. The maximum Gasteiger partial charge on any atom is 0.392 e. The number of imidazole rings is 1. The lowest BCUT2D eigenvalue weighted by Crippen LogP contribution is -2.22. The van der Waals surface area contributed by atoms with E-state index in [4.69, 9.17) is 10.5 Å². The molecular weight excluding hydrogens is 485 g/mol. The Morgan fingerprint density at radius 1 is 1.00 bits per heavy atom. The number of rotatable bonds is 11. The fourth-order valence-electron chi connectivity index (χ4n) is 3.23. The van der Waals surface area contributed by atoms with Crippen LogP contribution in [0, 0.1) is 0 Å². The second-order valence-electron chi connectivity index (χ2n) is 7.46. The Hall–Kier alpha value is -2.66. The summed E-state index contributed by atoms with van der Waals surface area (Å²) in [4.78, 5) is 12.6. The van der Waals surface area contributed by atoms with Gasteiger partial charge in [0.2, 0.25) is 5.95 Å². The summed E-state index contributed by atoms with van der Waals surface area (Å²) in [5, 5.41) is 3.17. The lowest BCUT2D eigenvalue weighted by atomic mass is 10.1. The van der Waals surface area contributed by atoms with Crippen molar-refractivity contribution in [2.75, 3.05) is 42.9 Å². The summed E-state index contributed by atoms with van der Waals surface area (Å²) in [6, 6.07) is 9.80. The molecule has 0 saturated carbocycles. The molecule has 0 aliphatic heterocycles. The number of anilines is 2. The zero-order chi connectivity index (χ0) is 24.8. The summed E-state index contributed by atoms with van der Waals surface area (Å²) >= 11 is 0. The van der Waals surface area contributed by atoms with E-state index in [-0.39, 0.29) is 19.1 Å². The summed E-state index contributed by atoms with van der Waals surface area (Å²) in [6.07, 6.45) is -10.8. The highest BCUT2D eigenvalue weighted by Gasteiger charge is 2.38. The van der Waals surface area contributed by atoms with Gasteiger partial charge in [0.15, 0.2) is 17.0 Å². The Morgan fingerprint density at radius 3 is 2.32 bits per heavy atom. The van der Waals surface area contributed by atoms with E-state index in [0.29, 0.717) is 23.5 Å². The lowest BCUT2D eigenvalue weighted by Gasteiger charge is -2.20. The molecule has 2 aromatic heterocycles. The van der Waals surface area contributed by atoms with E-state index in [1.165, 1.54) is 6.33 Å². The smallest absolute Gasteiger partial charge is 0.375 e. The number of ether oxygens (including phenoxy) is 1. The van der Waals surface area contributed by atoms with Gasteiger partial charge in [0, 0.05) is 13.1 Å². The first kappa shape index (κ1) is 26.0. The largest absolute Gasteiger partial charge is 0.392 e. The van der Waals surface area contributed by atoms with Crippen LogP contribution in [0.3, 0.4) is 0 Å². The minimum Gasteiger partial charge on any atom is -0.375 e. The molecule has 0 unspecified atom stereocenters. The SMILES string of the molecule is Nc1nc(NCCc2ccccc2)c2ncn(CCOCP(CC(F)(F)F)CC(F)(F)F)c2n1. The molecule has 3 aromatic rings. The van der Waals surface area contributed by atoms with E-state index < -0.39 is 38.9 Å². The third-order valence-electron chi connectivity index (χ3n) is 4.59. The first-order valence-corrected chi connectivity index (χ1v) is 12.1. The van der Waals surface area contributed by atoms with Crippen molar-refractivity contribution >= 4 is 30.9 Å². The van der Waals surface area contributed by atoms with E-state index >= 15 is 0 Å². The molecular formula is C20H23F6N6OP. The predicted molar refractivity (Wildman–Crippen MR) is 118 cm³/mol. The highest BCUT2D eigenvalue weighted by molar-refractivity contribution is 7.57. The quantitative estimate of drug-likeness (QED) is 0.223. The maximum atomic E-state index is 12.6. The minimum absolute atomic E-state index is 0.00347. The van der Waals surface area contributed by atoms with Crippen LogP contribution in [0.2, 0.25) is 0 Å². The number of nitrogen functional groups attached to an aromatic ring is 1. The molecule has 0 saturated heterocycles. The second kappa shape index (κ2) is 11.2. The van der Waals surface area contributed by atoms with Crippen LogP contribution in [0.25, 0.3) is 11.2 Å². The van der Waals surface area contributed by atoms with Crippen LogP contribution < -0.4 is 11.1 Å². The average molecular weight is 508 g/mol. The number of hydrogen-bond acceptors (Lipinski definition) is 6. The molecule has 7 nitrogen and oxygen atoms in total. The first-order valence-electron chi connectivity index (χ1n) is 10.2. The fraction of sp³-hybridized carbons (Fsp3) is 0.450.